The molecule has 156 valence electrons. The van der Waals surface area contributed by atoms with Gasteiger partial charge in [-0.15, -0.1) is 0 Å². The Balaban J connectivity index is 1.59. The Hall–Kier alpha value is -2.97. The molecule has 0 aliphatic carbocycles. The van der Waals surface area contributed by atoms with Crippen LogP contribution in [0.25, 0.3) is 0 Å². The largest absolute Gasteiger partial charge is 0.456 e. The van der Waals surface area contributed by atoms with Crippen molar-refractivity contribution in [1.29, 1.82) is 0 Å². The molecule has 0 spiro atoms. The number of nitrogens with zero attached hydrogens (tertiary/aromatic N) is 3. The van der Waals surface area contributed by atoms with Gasteiger partial charge >= 0.3 is 6.18 Å². The first kappa shape index (κ1) is 20.3. The van der Waals surface area contributed by atoms with Crippen molar-refractivity contribution in [2.24, 2.45) is 10.7 Å². The lowest BCUT2D eigenvalue weighted by Gasteiger charge is -2.26. The van der Waals surface area contributed by atoms with Crippen molar-refractivity contribution in [1.82, 2.24) is 4.57 Å². The number of hydrogen-bond acceptors (Lipinski definition) is 4. The molecule has 0 unspecified atom stereocenters. The highest BCUT2D eigenvalue weighted by Gasteiger charge is 2.30. The lowest BCUT2D eigenvalue weighted by Crippen LogP contribution is -2.23. The van der Waals surface area contributed by atoms with Gasteiger partial charge in [0.1, 0.15) is 18.2 Å². The van der Waals surface area contributed by atoms with Crippen LogP contribution in [0, 0.1) is 0 Å². The minimum absolute atomic E-state index is 0.0585. The molecule has 1 aliphatic heterocycles. The van der Waals surface area contributed by atoms with Gasteiger partial charge in [0, 0.05) is 31.2 Å². The number of halogens is 4. The van der Waals surface area contributed by atoms with E-state index in [9.17, 15) is 13.2 Å². The summed E-state index contributed by atoms with van der Waals surface area (Å²) in [5, 5.41) is 0.280. The molecule has 1 aromatic heterocycles. The molecule has 1 aliphatic rings. The van der Waals surface area contributed by atoms with Crippen LogP contribution in [0.5, 0.6) is 11.5 Å². The molecule has 2 aromatic carbocycles. The summed E-state index contributed by atoms with van der Waals surface area (Å²) in [6.45, 7) is 1.62. The van der Waals surface area contributed by atoms with Crippen LogP contribution in [0.4, 0.5) is 24.5 Å². The van der Waals surface area contributed by atoms with E-state index in [2.05, 4.69) is 4.99 Å². The molecule has 9 heteroatoms. The molecule has 4 rings (SSSR count). The van der Waals surface area contributed by atoms with Crippen molar-refractivity contribution in [2.75, 3.05) is 18.1 Å². The fraction of sp³-hybridized carbons (Fsp3) is 0.190. The number of alkyl halides is 3. The molecule has 0 fully saturated rings. The highest BCUT2D eigenvalue weighted by atomic mass is 35.5. The molecule has 0 bridgehead atoms. The fourth-order valence-corrected chi connectivity index (χ4v) is 3.50. The Kier molecular flexibility index (Phi) is 5.44. The van der Waals surface area contributed by atoms with E-state index in [1.807, 2.05) is 27.9 Å². The zero-order valence-electron chi connectivity index (χ0n) is 15.7. The Bertz CT molecular complexity index is 1090. The Morgan fingerprint density at radius 3 is 2.70 bits per heavy atom. The molecule has 3 aromatic rings. The maximum absolute atomic E-state index is 12.9. The SMILES string of the molecule is NCCn1ccc2c1C=NCN2c1ccc(Oc2cccc(C(F)(F)F)c2)c(Cl)c1. The van der Waals surface area contributed by atoms with E-state index < -0.39 is 11.7 Å². The smallest absolute Gasteiger partial charge is 0.416 e. The van der Waals surface area contributed by atoms with Crippen LogP contribution in [-0.2, 0) is 12.7 Å². The van der Waals surface area contributed by atoms with E-state index in [-0.39, 0.29) is 16.5 Å². The molecule has 0 saturated carbocycles. The zero-order chi connectivity index (χ0) is 21.3. The first-order chi connectivity index (χ1) is 14.4. The fourth-order valence-electron chi connectivity index (χ4n) is 3.29. The predicted octanol–water partition coefficient (Wildman–Crippen LogP) is 5.44. The molecule has 0 amide bonds. The van der Waals surface area contributed by atoms with Crippen LogP contribution in [0.3, 0.4) is 0 Å². The van der Waals surface area contributed by atoms with Crippen LogP contribution in [0.15, 0.2) is 59.7 Å². The first-order valence-electron chi connectivity index (χ1n) is 9.18. The number of benzene rings is 2. The molecule has 0 radical (unpaired) electrons. The van der Waals surface area contributed by atoms with Crippen LogP contribution in [0.1, 0.15) is 11.3 Å². The quantitative estimate of drug-likeness (QED) is 0.581. The van der Waals surface area contributed by atoms with Gasteiger partial charge in [0.15, 0.2) is 0 Å². The minimum Gasteiger partial charge on any atom is -0.456 e. The second-order valence-electron chi connectivity index (χ2n) is 6.69. The number of rotatable bonds is 5. The zero-order valence-corrected chi connectivity index (χ0v) is 16.5. The van der Waals surface area contributed by atoms with E-state index in [0.717, 1.165) is 29.2 Å². The summed E-state index contributed by atoms with van der Waals surface area (Å²) in [4.78, 5) is 6.39. The lowest BCUT2D eigenvalue weighted by molar-refractivity contribution is -0.137. The maximum Gasteiger partial charge on any atom is 0.416 e. The van der Waals surface area contributed by atoms with E-state index in [4.69, 9.17) is 22.1 Å². The molecule has 0 saturated heterocycles. The third-order valence-electron chi connectivity index (χ3n) is 4.70. The number of ether oxygens (including phenoxy) is 1. The second kappa shape index (κ2) is 8.04. The van der Waals surface area contributed by atoms with Crippen molar-refractivity contribution in [3.8, 4) is 11.5 Å². The number of hydrogen-bond donors (Lipinski definition) is 1. The van der Waals surface area contributed by atoms with Crippen molar-refractivity contribution < 1.29 is 17.9 Å². The average molecular weight is 435 g/mol. The van der Waals surface area contributed by atoms with Gasteiger partial charge < -0.3 is 19.9 Å². The van der Waals surface area contributed by atoms with Gasteiger partial charge in [-0.3, -0.25) is 4.99 Å². The summed E-state index contributed by atoms with van der Waals surface area (Å²) in [6, 6.07) is 11.8. The van der Waals surface area contributed by atoms with Crippen molar-refractivity contribution >= 4 is 29.2 Å². The van der Waals surface area contributed by atoms with Gasteiger partial charge in [-0.2, -0.15) is 13.2 Å². The number of aliphatic imine (C=N–C) groups is 1. The topological polar surface area (TPSA) is 55.8 Å². The minimum atomic E-state index is -4.44. The highest BCUT2D eigenvalue weighted by Crippen LogP contribution is 2.38. The molecule has 5 nitrogen and oxygen atoms in total. The van der Waals surface area contributed by atoms with E-state index >= 15 is 0 Å². The number of anilines is 2. The Morgan fingerprint density at radius 1 is 1.13 bits per heavy atom. The van der Waals surface area contributed by atoms with E-state index in [0.29, 0.717) is 19.8 Å². The standard InChI is InChI=1S/C21H18ClF3N4O/c22-17-11-15(29-13-27-12-19-18(29)6-8-28(19)9-7-26)4-5-20(17)30-16-3-1-2-14(10-16)21(23,24)25/h1-6,8,10-12H,7,9,13,26H2. The summed E-state index contributed by atoms with van der Waals surface area (Å²) in [5.74, 6) is 0.323. The summed E-state index contributed by atoms with van der Waals surface area (Å²) in [5.41, 5.74) is 7.59. The third kappa shape index (κ3) is 4.01. The van der Waals surface area contributed by atoms with Gasteiger partial charge in [0.25, 0.3) is 0 Å². The van der Waals surface area contributed by atoms with Crippen LogP contribution in [-0.4, -0.2) is 24.0 Å². The number of aromatic nitrogens is 1. The molecule has 2 heterocycles. The van der Waals surface area contributed by atoms with Crippen LogP contribution >= 0.6 is 11.6 Å². The Morgan fingerprint density at radius 2 is 1.97 bits per heavy atom. The lowest BCUT2D eigenvalue weighted by atomic mass is 10.2. The summed E-state index contributed by atoms with van der Waals surface area (Å²) >= 11 is 6.38. The number of nitrogens with two attached hydrogens (primary N) is 1. The summed E-state index contributed by atoms with van der Waals surface area (Å²) < 4.78 is 46.3. The van der Waals surface area contributed by atoms with E-state index in [1.165, 1.54) is 12.1 Å². The van der Waals surface area contributed by atoms with Crippen molar-refractivity contribution in [2.45, 2.75) is 12.7 Å². The van der Waals surface area contributed by atoms with Gasteiger partial charge in [-0.1, -0.05) is 17.7 Å². The van der Waals surface area contributed by atoms with Gasteiger partial charge in [0.05, 0.1) is 22.0 Å². The Labute approximate surface area is 176 Å². The average Bonchev–Trinajstić information content (AvgIpc) is 3.13. The predicted molar refractivity (Wildman–Crippen MR) is 111 cm³/mol. The molecule has 30 heavy (non-hydrogen) atoms. The van der Waals surface area contributed by atoms with Gasteiger partial charge in [-0.25, -0.2) is 0 Å². The second-order valence-corrected chi connectivity index (χ2v) is 7.10. The summed E-state index contributed by atoms with van der Waals surface area (Å²) in [7, 11) is 0. The van der Waals surface area contributed by atoms with Gasteiger partial charge in [-0.05, 0) is 42.5 Å². The first-order valence-corrected chi connectivity index (χ1v) is 9.56. The van der Waals surface area contributed by atoms with Crippen LogP contribution in [0.2, 0.25) is 5.02 Å². The maximum atomic E-state index is 12.9. The third-order valence-corrected chi connectivity index (χ3v) is 4.99. The van der Waals surface area contributed by atoms with E-state index in [1.54, 1.807) is 18.2 Å². The molecule has 2 N–H and O–H groups in total. The van der Waals surface area contributed by atoms with Crippen molar-refractivity contribution in [3.05, 3.63) is 71.0 Å². The monoisotopic (exact) mass is 434 g/mol. The normalized spacial score (nSPS) is 13.4. The summed E-state index contributed by atoms with van der Waals surface area (Å²) in [6.07, 6.45) is -0.678. The number of fused-ring (bicyclic) bond motifs is 1. The van der Waals surface area contributed by atoms with Gasteiger partial charge in [0.2, 0.25) is 0 Å². The molecular weight excluding hydrogens is 417 g/mol. The highest BCUT2D eigenvalue weighted by molar-refractivity contribution is 6.32. The van der Waals surface area contributed by atoms with Crippen LogP contribution < -0.4 is 15.4 Å². The molecule has 0 atom stereocenters. The molecular formula is C21H18ClF3N4O. The van der Waals surface area contributed by atoms with Crippen molar-refractivity contribution in [3.63, 3.8) is 0 Å².